The lowest BCUT2D eigenvalue weighted by Crippen LogP contribution is -2.33. The fourth-order valence-corrected chi connectivity index (χ4v) is 2.56. The monoisotopic (exact) mass is 276 g/mol. The minimum absolute atomic E-state index is 0.333. The van der Waals surface area contributed by atoms with Gasteiger partial charge < -0.3 is 15.3 Å². The van der Waals surface area contributed by atoms with Gasteiger partial charge in [0.05, 0.1) is 0 Å². The summed E-state index contributed by atoms with van der Waals surface area (Å²) in [6.07, 6.45) is 2.37. The van der Waals surface area contributed by atoms with E-state index in [1.165, 1.54) is 0 Å². The maximum Gasteiger partial charge on any atom is 0.257 e. The predicted octanol–water partition coefficient (Wildman–Crippen LogP) is 3.08. The maximum atomic E-state index is 11.5. The number of hydrogen-bond donors (Lipinski definition) is 2. The number of aliphatic hydroxyl groups is 1. The molecule has 1 aliphatic rings. The molecule has 0 aliphatic carbocycles. The number of anilines is 2. The van der Waals surface area contributed by atoms with Crippen LogP contribution in [0, 0.1) is 0 Å². The Morgan fingerprint density at radius 2 is 2.15 bits per heavy atom. The first-order valence-corrected chi connectivity index (χ1v) is 7.48. The zero-order valence-corrected chi connectivity index (χ0v) is 12.5. The second-order valence-electron chi connectivity index (χ2n) is 5.47. The molecule has 1 heterocycles. The van der Waals surface area contributed by atoms with E-state index >= 15 is 0 Å². The van der Waals surface area contributed by atoms with Crippen LogP contribution in [0.2, 0.25) is 0 Å². The molecule has 110 valence electrons. The first-order chi connectivity index (χ1) is 9.58. The first-order valence-electron chi connectivity index (χ1n) is 7.48. The van der Waals surface area contributed by atoms with Crippen LogP contribution in [0.25, 0.3) is 0 Å². The second-order valence-corrected chi connectivity index (χ2v) is 5.47. The molecular weight excluding hydrogens is 252 g/mol. The van der Waals surface area contributed by atoms with E-state index in [9.17, 15) is 9.90 Å². The molecule has 0 saturated carbocycles. The van der Waals surface area contributed by atoms with Crippen LogP contribution >= 0.6 is 0 Å². The summed E-state index contributed by atoms with van der Waals surface area (Å²) < 4.78 is 0. The summed E-state index contributed by atoms with van der Waals surface area (Å²) in [4.78, 5) is 13.9. The van der Waals surface area contributed by atoms with Crippen molar-refractivity contribution in [3.8, 4) is 0 Å². The Labute approximate surface area is 120 Å². The van der Waals surface area contributed by atoms with Gasteiger partial charge in [-0.25, -0.2) is 0 Å². The van der Waals surface area contributed by atoms with Crippen LogP contribution in [0.3, 0.4) is 0 Å². The van der Waals surface area contributed by atoms with Crippen LogP contribution in [0.4, 0.5) is 11.4 Å². The molecule has 20 heavy (non-hydrogen) atoms. The van der Waals surface area contributed by atoms with Crippen molar-refractivity contribution in [3.05, 3.63) is 23.8 Å². The van der Waals surface area contributed by atoms with Gasteiger partial charge in [0.1, 0.15) is 0 Å². The van der Waals surface area contributed by atoms with Crippen molar-refractivity contribution in [1.29, 1.82) is 0 Å². The van der Waals surface area contributed by atoms with Gasteiger partial charge in [-0.15, -0.1) is 0 Å². The molecule has 0 aromatic heterocycles. The van der Waals surface area contributed by atoms with Crippen LogP contribution in [-0.2, 0) is 4.79 Å². The average molecular weight is 276 g/mol. The van der Waals surface area contributed by atoms with Gasteiger partial charge >= 0.3 is 0 Å². The van der Waals surface area contributed by atoms with Crippen LogP contribution in [0.15, 0.2) is 18.2 Å². The van der Waals surface area contributed by atoms with Gasteiger partial charge in [-0.3, -0.25) is 4.79 Å². The number of carbonyl (C=O) groups is 1. The van der Waals surface area contributed by atoms with Gasteiger partial charge in [0.25, 0.3) is 5.91 Å². The molecule has 1 aromatic rings. The fourth-order valence-electron chi connectivity index (χ4n) is 2.56. The molecule has 2 unspecified atom stereocenters. The highest BCUT2D eigenvalue weighted by Crippen LogP contribution is 2.34. The largest absolute Gasteiger partial charge is 0.378 e. The fraction of sp³-hybridized carbons (Fsp3) is 0.562. The highest BCUT2D eigenvalue weighted by Gasteiger charge is 2.29. The number of nitrogens with zero attached hydrogens (tertiary/aromatic N) is 1. The Balaban J connectivity index is 2.26. The normalized spacial score (nSPS) is 18.6. The van der Waals surface area contributed by atoms with E-state index in [0.717, 1.165) is 37.2 Å². The van der Waals surface area contributed by atoms with Gasteiger partial charge in [-0.2, -0.15) is 0 Å². The molecule has 1 aliphatic heterocycles. The topological polar surface area (TPSA) is 52.6 Å². The van der Waals surface area contributed by atoms with E-state index < -0.39 is 6.10 Å². The summed E-state index contributed by atoms with van der Waals surface area (Å²) >= 11 is 0. The van der Waals surface area contributed by atoms with E-state index in [2.05, 4.69) is 31.0 Å². The molecule has 0 saturated heterocycles. The Bertz CT molecular complexity index is 487. The minimum atomic E-state index is -1.02. The minimum Gasteiger partial charge on any atom is -0.378 e. The van der Waals surface area contributed by atoms with E-state index in [1.807, 2.05) is 18.2 Å². The van der Waals surface area contributed by atoms with Crippen molar-refractivity contribution in [3.63, 3.8) is 0 Å². The summed E-state index contributed by atoms with van der Waals surface area (Å²) in [5.41, 5.74) is 2.53. The summed E-state index contributed by atoms with van der Waals surface area (Å²) in [6.45, 7) is 7.60. The van der Waals surface area contributed by atoms with Gasteiger partial charge in [-0.05, 0) is 31.9 Å². The smallest absolute Gasteiger partial charge is 0.257 e. The average Bonchev–Trinajstić information content (AvgIpc) is 2.74. The number of unbranched alkanes of at least 4 members (excludes halogenated alkanes) is 1. The molecule has 1 amide bonds. The summed E-state index contributed by atoms with van der Waals surface area (Å²) in [6, 6.07) is 6.30. The lowest BCUT2D eigenvalue weighted by molar-refractivity contribution is -0.123. The van der Waals surface area contributed by atoms with Crippen molar-refractivity contribution in [2.75, 3.05) is 16.8 Å². The van der Waals surface area contributed by atoms with E-state index in [-0.39, 0.29) is 5.91 Å². The van der Waals surface area contributed by atoms with Gasteiger partial charge in [0, 0.05) is 29.5 Å². The molecular formula is C16H24N2O2. The number of carbonyl (C=O) groups excluding carboxylic acids is 1. The number of benzene rings is 1. The number of fused-ring (bicyclic) bond motifs is 1. The number of amides is 1. The molecule has 0 spiro atoms. The lowest BCUT2D eigenvalue weighted by Gasteiger charge is -2.31. The van der Waals surface area contributed by atoms with E-state index in [4.69, 9.17) is 0 Å². The molecule has 0 fully saturated rings. The second kappa shape index (κ2) is 6.27. The number of aliphatic hydroxyl groups excluding tert-OH is 1. The Morgan fingerprint density at radius 3 is 2.80 bits per heavy atom. The van der Waals surface area contributed by atoms with E-state index in [1.54, 1.807) is 0 Å². The third kappa shape index (κ3) is 2.80. The summed E-state index contributed by atoms with van der Waals surface area (Å²) in [7, 11) is 0. The molecule has 0 bridgehead atoms. The van der Waals surface area contributed by atoms with Gasteiger partial charge in [-0.1, -0.05) is 26.3 Å². The lowest BCUT2D eigenvalue weighted by atomic mass is 10.1. The van der Waals surface area contributed by atoms with Gasteiger partial charge in [0.15, 0.2) is 6.10 Å². The highest BCUT2D eigenvalue weighted by molar-refractivity contribution is 6.02. The Hall–Kier alpha value is -1.55. The van der Waals surface area contributed by atoms with Crippen molar-refractivity contribution >= 4 is 17.3 Å². The third-order valence-electron chi connectivity index (χ3n) is 4.04. The van der Waals surface area contributed by atoms with Crippen molar-refractivity contribution in [2.24, 2.45) is 0 Å². The Morgan fingerprint density at radius 1 is 1.40 bits per heavy atom. The van der Waals surface area contributed by atoms with Crippen molar-refractivity contribution in [2.45, 2.75) is 52.2 Å². The molecule has 2 rings (SSSR count). The van der Waals surface area contributed by atoms with Crippen LogP contribution < -0.4 is 10.2 Å². The van der Waals surface area contributed by atoms with Crippen LogP contribution in [0.1, 0.15) is 51.7 Å². The standard InChI is InChI=1S/C16H24N2O2/c1-4-6-9-18(11(3)5-2)12-7-8-13-14(10-12)17-16(20)15(13)19/h7-8,10-11,15,19H,4-6,9H2,1-3H3,(H,17,20). The van der Waals surface area contributed by atoms with Crippen molar-refractivity contribution < 1.29 is 9.90 Å². The van der Waals surface area contributed by atoms with Gasteiger partial charge in [0.2, 0.25) is 0 Å². The molecule has 2 atom stereocenters. The summed E-state index contributed by atoms with van der Waals surface area (Å²) in [5, 5.41) is 12.5. The third-order valence-corrected chi connectivity index (χ3v) is 4.04. The van der Waals surface area contributed by atoms with Crippen LogP contribution in [-0.4, -0.2) is 23.6 Å². The maximum absolute atomic E-state index is 11.5. The molecule has 4 nitrogen and oxygen atoms in total. The van der Waals surface area contributed by atoms with Crippen LogP contribution in [0.5, 0.6) is 0 Å². The number of hydrogen-bond acceptors (Lipinski definition) is 3. The Kier molecular flexibility index (Phi) is 4.65. The highest BCUT2D eigenvalue weighted by atomic mass is 16.3. The number of nitrogens with one attached hydrogen (secondary N) is 1. The van der Waals surface area contributed by atoms with Crippen molar-refractivity contribution in [1.82, 2.24) is 0 Å². The SMILES string of the molecule is CCCCN(c1ccc2c(c1)NC(=O)C2O)C(C)CC. The molecule has 1 aromatic carbocycles. The van der Waals surface area contributed by atoms with E-state index in [0.29, 0.717) is 11.6 Å². The quantitative estimate of drug-likeness (QED) is 0.839. The molecule has 2 N–H and O–H groups in total. The molecule has 4 heteroatoms. The number of rotatable bonds is 6. The first kappa shape index (κ1) is 14.9. The zero-order chi connectivity index (χ0) is 14.7. The summed E-state index contributed by atoms with van der Waals surface area (Å²) in [5.74, 6) is -0.333. The predicted molar refractivity (Wildman–Crippen MR) is 82.0 cm³/mol. The molecule has 0 radical (unpaired) electrons. The zero-order valence-electron chi connectivity index (χ0n) is 12.5.